The van der Waals surface area contributed by atoms with E-state index in [9.17, 15) is 9.59 Å². The van der Waals surface area contributed by atoms with E-state index in [-0.39, 0.29) is 18.2 Å². The van der Waals surface area contributed by atoms with Gasteiger partial charge in [0.2, 0.25) is 5.91 Å². The van der Waals surface area contributed by atoms with Gasteiger partial charge in [-0.05, 0) is 12.8 Å². The van der Waals surface area contributed by atoms with Crippen LogP contribution in [0.1, 0.15) is 32.1 Å². The van der Waals surface area contributed by atoms with Crippen LogP contribution in [0.25, 0.3) is 0 Å². The van der Waals surface area contributed by atoms with Gasteiger partial charge in [0.05, 0.1) is 6.54 Å². The summed E-state index contributed by atoms with van der Waals surface area (Å²) >= 11 is 0. The Labute approximate surface area is 72.3 Å². The van der Waals surface area contributed by atoms with Gasteiger partial charge >= 0.3 is 0 Å². The number of rotatable bonds is 7. The van der Waals surface area contributed by atoms with Crippen LogP contribution in [0.4, 0.5) is 0 Å². The van der Waals surface area contributed by atoms with Crippen molar-refractivity contribution in [1.29, 1.82) is 0 Å². The van der Waals surface area contributed by atoms with E-state index in [0.717, 1.165) is 19.3 Å². The molecule has 0 aromatic rings. The maximum absolute atomic E-state index is 10.7. The number of ketones is 1. The fraction of sp³-hybridized carbons (Fsp3) is 0.750. The number of amides is 1. The predicted molar refractivity (Wildman–Crippen MR) is 46.3 cm³/mol. The van der Waals surface area contributed by atoms with Gasteiger partial charge in [-0.3, -0.25) is 9.59 Å². The molecule has 0 aliphatic rings. The number of carbonyl (C=O) groups is 2. The topological polar surface area (TPSA) is 86.2 Å². The number of hydrogen-bond acceptors (Lipinski definition) is 3. The van der Waals surface area contributed by atoms with E-state index in [2.05, 4.69) is 0 Å². The Morgan fingerprint density at radius 1 is 1.00 bits per heavy atom. The van der Waals surface area contributed by atoms with Gasteiger partial charge in [0.25, 0.3) is 0 Å². The zero-order chi connectivity index (χ0) is 9.40. The van der Waals surface area contributed by atoms with Crippen LogP contribution in [0.3, 0.4) is 0 Å². The van der Waals surface area contributed by atoms with Crippen LogP contribution in [0.15, 0.2) is 0 Å². The highest BCUT2D eigenvalue weighted by Gasteiger charge is 1.98. The van der Waals surface area contributed by atoms with E-state index in [4.69, 9.17) is 11.5 Å². The van der Waals surface area contributed by atoms with Gasteiger partial charge in [0.15, 0.2) is 0 Å². The van der Waals surface area contributed by atoms with Crippen LogP contribution in [0, 0.1) is 0 Å². The van der Waals surface area contributed by atoms with Crippen molar-refractivity contribution in [3.8, 4) is 0 Å². The lowest BCUT2D eigenvalue weighted by molar-refractivity contribution is -0.118. The molecule has 0 atom stereocenters. The van der Waals surface area contributed by atoms with E-state index in [0.29, 0.717) is 12.8 Å². The average molecular weight is 172 g/mol. The quantitative estimate of drug-likeness (QED) is 0.528. The van der Waals surface area contributed by atoms with Crippen molar-refractivity contribution in [1.82, 2.24) is 0 Å². The van der Waals surface area contributed by atoms with Crippen molar-refractivity contribution in [2.24, 2.45) is 11.5 Å². The lowest BCUT2D eigenvalue weighted by Gasteiger charge is -1.97. The van der Waals surface area contributed by atoms with Crippen molar-refractivity contribution < 1.29 is 9.59 Å². The molecule has 0 saturated carbocycles. The molecule has 0 radical (unpaired) electrons. The monoisotopic (exact) mass is 172 g/mol. The molecule has 0 rings (SSSR count). The first-order chi connectivity index (χ1) is 5.66. The minimum atomic E-state index is -0.278. The van der Waals surface area contributed by atoms with Gasteiger partial charge in [0, 0.05) is 12.8 Å². The van der Waals surface area contributed by atoms with Crippen molar-refractivity contribution >= 4 is 11.7 Å². The minimum absolute atomic E-state index is 0.0778. The molecule has 0 unspecified atom stereocenters. The SMILES string of the molecule is NCC(=O)CCCCCC(N)=O. The Morgan fingerprint density at radius 3 is 2.08 bits per heavy atom. The fourth-order valence-electron chi connectivity index (χ4n) is 0.900. The third-order valence-corrected chi connectivity index (χ3v) is 1.61. The van der Waals surface area contributed by atoms with Gasteiger partial charge in [0.1, 0.15) is 5.78 Å². The Morgan fingerprint density at radius 2 is 1.58 bits per heavy atom. The first-order valence-corrected chi connectivity index (χ1v) is 4.17. The molecular formula is C8H16N2O2. The highest BCUT2D eigenvalue weighted by Crippen LogP contribution is 2.02. The number of carbonyl (C=O) groups excluding carboxylic acids is 2. The van der Waals surface area contributed by atoms with Gasteiger partial charge in [-0.1, -0.05) is 6.42 Å². The summed E-state index contributed by atoms with van der Waals surface area (Å²) in [4.78, 5) is 21.0. The number of nitrogens with two attached hydrogens (primary N) is 2. The number of unbranched alkanes of at least 4 members (excludes halogenated alkanes) is 2. The standard InChI is InChI=1S/C8H16N2O2/c9-6-7(11)4-2-1-3-5-8(10)12/h1-6,9H2,(H2,10,12). The molecule has 4 heteroatoms. The summed E-state index contributed by atoms with van der Waals surface area (Å²) in [5.41, 5.74) is 10.0. The molecule has 70 valence electrons. The fourth-order valence-corrected chi connectivity index (χ4v) is 0.900. The first-order valence-electron chi connectivity index (χ1n) is 4.17. The lowest BCUT2D eigenvalue weighted by atomic mass is 10.1. The summed E-state index contributed by atoms with van der Waals surface area (Å²) in [6.07, 6.45) is 3.39. The van der Waals surface area contributed by atoms with Crippen molar-refractivity contribution in [3.05, 3.63) is 0 Å². The summed E-state index contributed by atoms with van der Waals surface area (Å²) < 4.78 is 0. The summed E-state index contributed by atoms with van der Waals surface area (Å²) in [6, 6.07) is 0. The Kier molecular flexibility index (Phi) is 6.28. The van der Waals surface area contributed by atoms with Crippen LogP contribution >= 0.6 is 0 Å². The molecule has 12 heavy (non-hydrogen) atoms. The molecule has 0 aliphatic heterocycles. The molecule has 0 saturated heterocycles. The smallest absolute Gasteiger partial charge is 0.217 e. The number of hydrogen-bond donors (Lipinski definition) is 2. The zero-order valence-corrected chi connectivity index (χ0v) is 7.21. The van der Waals surface area contributed by atoms with E-state index in [1.807, 2.05) is 0 Å². The molecule has 0 heterocycles. The molecule has 0 aromatic heterocycles. The molecule has 0 fully saturated rings. The van der Waals surface area contributed by atoms with E-state index in [1.165, 1.54) is 0 Å². The minimum Gasteiger partial charge on any atom is -0.370 e. The lowest BCUT2D eigenvalue weighted by Crippen LogP contribution is -2.13. The number of primary amides is 1. The van der Waals surface area contributed by atoms with E-state index in [1.54, 1.807) is 0 Å². The van der Waals surface area contributed by atoms with Gasteiger partial charge in [-0.15, -0.1) is 0 Å². The molecule has 1 amide bonds. The molecule has 0 spiro atoms. The first kappa shape index (κ1) is 11.1. The van der Waals surface area contributed by atoms with E-state index >= 15 is 0 Å². The normalized spacial score (nSPS) is 9.75. The summed E-state index contributed by atoms with van der Waals surface area (Å²) in [5.74, 6) is -0.200. The summed E-state index contributed by atoms with van der Waals surface area (Å²) in [7, 11) is 0. The molecule has 0 aromatic carbocycles. The Bertz CT molecular complexity index is 157. The van der Waals surface area contributed by atoms with Crippen LogP contribution < -0.4 is 11.5 Å². The zero-order valence-electron chi connectivity index (χ0n) is 7.21. The third kappa shape index (κ3) is 7.21. The van der Waals surface area contributed by atoms with Gasteiger partial charge in [-0.2, -0.15) is 0 Å². The second-order valence-corrected chi connectivity index (χ2v) is 2.77. The van der Waals surface area contributed by atoms with Gasteiger partial charge < -0.3 is 11.5 Å². The predicted octanol–water partition coefficient (Wildman–Crippen LogP) is -0.0500. The number of Topliss-reactive ketones (excluding diaryl/α,β-unsaturated/α-hetero) is 1. The van der Waals surface area contributed by atoms with Crippen LogP contribution in [-0.4, -0.2) is 18.2 Å². The van der Waals surface area contributed by atoms with Crippen molar-refractivity contribution in [2.45, 2.75) is 32.1 Å². The van der Waals surface area contributed by atoms with Crippen LogP contribution in [0.5, 0.6) is 0 Å². The van der Waals surface area contributed by atoms with E-state index < -0.39 is 0 Å². The molecule has 4 N–H and O–H groups in total. The Balaban J connectivity index is 3.11. The van der Waals surface area contributed by atoms with Gasteiger partial charge in [-0.25, -0.2) is 0 Å². The maximum atomic E-state index is 10.7. The summed E-state index contributed by atoms with van der Waals surface area (Å²) in [6.45, 7) is 0.121. The third-order valence-electron chi connectivity index (χ3n) is 1.61. The second-order valence-electron chi connectivity index (χ2n) is 2.77. The second kappa shape index (κ2) is 6.79. The highest BCUT2D eigenvalue weighted by molar-refractivity contribution is 5.80. The van der Waals surface area contributed by atoms with Crippen LogP contribution in [0.2, 0.25) is 0 Å². The van der Waals surface area contributed by atoms with Crippen molar-refractivity contribution in [2.75, 3.05) is 6.54 Å². The highest BCUT2D eigenvalue weighted by atomic mass is 16.1. The molecular weight excluding hydrogens is 156 g/mol. The van der Waals surface area contributed by atoms with Crippen molar-refractivity contribution in [3.63, 3.8) is 0 Å². The largest absolute Gasteiger partial charge is 0.370 e. The average Bonchev–Trinajstić information content (AvgIpc) is 2.03. The molecule has 4 nitrogen and oxygen atoms in total. The summed E-state index contributed by atoms with van der Waals surface area (Å²) in [5, 5.41) is 0. The Hall–Kier alpha value is -0.900. The molecule has 0 bridgehead atoms. The maximum Gasteiger partial charge on any atom is 0.217 e. The van der Waals surface area contributed by atoms with Crippen LogP contribution in [-0.2, 0) is 9.59 Å². The molecule has 0 aliphatic carbocycles.